The fraction of sp³-hybridized carbons (Fsp3) is 0.0870. The summed E-state index contributed by atoms with van der Waals surface area (Å²) in [7, 11) is 1.68. The number of anilines is 1. The van der Waals surface area contributed by atoms with Crippen LogP contribution in [0.1, 0.15) is 11.3 Å². The van der Waals surface area contributed by atoms with E-state index in [0.717, 1.165) is 11.3 Å². The van der Waals surface area contributed by atoms with Crippen LogP contribution in [0.4, 0.5) is 10.3 Å². The fourth-order valence-electron chi connectivity index (χ4n) is 3.77. The van der Waals surface area contributed by atoms with Crippen molar-refractivity contribution in [2.75, 3.05) is 5.73 Å². The van der Waals surface area contributed by atoms with Gasteiger partial charge >= 0.3 is 0 Å². The van der Waals surface area contributed by atoms with Crippen molar-refractivity contribution >= 4 is 22.5 Å². The summed E-state index contributed by atoms with van der Waals surface area (Å²) in [4.78, 5) is 21.8. The summed E-state index contributed by atoms with van der Waals surface area (Å²) in [6, 6.07) is 16.3. The van der Waals surface area contributed by atoms with E-state index in [-0.39, 0.29) is 17.0 Å². The molecule has 30 heavy (non-hydrogen) atoms. The zero-order chi connectivity index (χ0) is 20.8. The highest BCUT2D eigenvalue weighted by molar-refractivity contribution is 6.04. The van der Waals surface area contributed by atoms with Gasteiger partial charge in [0.05, 0.1) is 11.1 Å². The molecule has 3 aromatic heterocycles. The van der Waals surface area contributed by atoms with Gasteiger partial charge in [0, 0.05) is 37.0 Å². The first-order chi connectivity index (χ1) is 14.5. The maximum atomic E-state index is 14.7. The molecule has 0 radical (unpaired) electrons. The smallest absolute Gasteiger partial charge is 0.258 e. The molecule has 2 N–H and O–H groups in total. The quantitative estimate of drug-likeness (QED) is 0.503. The minimum absolute atomic E-state index is 0.0975. The third-order valence-electron chi connectivity index (χ3n) is 5.22. The Bertz CT molecular complexity index is 1470. The third-order valence-corrected chi connectivity index (χ3v) is 5.22. The lowest BCUT2D eigenvalue weighted by Gasteiger charge is -2.10. The summed E-state index contributed by atoms with van der Waals surface area (Å²) in [5, 5.41) is 0.465. The first-order valence-electron chi connectivity index (χ1n) is 9.48. The molecular formula is C23H18FN5O. The van der Waals surface area contributed by atoms with E-state index in [1.807, 2.05) is 36.5 Å². The number of aromatic nitrogens is 4. The monoisotopic (exact) mass is 399 g/mol. The number of rotatable bonds is 3. The van der Waals surface area contributed by atoms with Crippen molar-refractivity contribution in [3.05, 3.63) is 94.4 Å². The number of nitrogen functional groups attached to an aromatic ring is 1. The van der Waals surface area contributed by atoms with Crippen molar-refractivity contribution in [2.24, 2.45) is 7.05 Å². The predicted octanol–water partition coefficient (Wildman–Crippen LogP) is 3.56. The zero-order valence-corrected chi connectivity index (χ0v) is 16.2. The minimum atomic E-state index is -0.511. The van der Waals surface area contributed by atoms with Gasteiger partial charge in [-0.25, -0.2) is 14.4 Å². The average Bonchev–Trinajstić information content (AvgIpc) is 3.16. The van der Waals surface area contributed by atoms with Gasteiger partial charge in [-0.05, 0) is 23.8 Å². The van der Waals surface area contributed by atoms with Crippen molar-refractivity contribution < 1.29 is 4.39 Å². The lowest BCUT2D eigenvalue weighted by molar-refractivity contribution is 0.637. The van der Waals surface area contributed by atoms with Crippen molar-refractivity contribution in [1.82, 2.24) is 18.9 Å². The van der Waals surface area contributed by atoms with Gasteiger partial charge in [0.15, 0.2) is 0 Å². The van der Waals surface area contributed by atoms with Crippen LogP contribution in [0.25, 0.3) is 27.7 Å². The van der Waals surface area contributed by atoms with Gasteiger partial charge in [-0.15, -0.1) is 0 Å². The standard InChI is InChI=1S/C23H18FN5O/c1-28-11-5-8-17(22(28)30)16-9-10-18(24)20-19(16)21-26-15(13-29(21)23(25)27-20)12-14-6-3-2-4-7-14/h2-11,13H,12H2,1H3,(H2,25,27). The van der Waals surface area contributed by atoms with E-state index in [2.05, 4.69) is 4.98 Å². The first kappa shape index (κ1) is 18.1. The maximum Gasteiger partial charge on any atom is 0.258 e. The molecule has 0 atom stereocenters. The number of aryl methyl sites for hydroxylation is 1. The highest BCUT2D eigenvalue weighted by atomic mass is 19.1. The minimum Gasteiger partial charge on any atom is -0.369 e. The van der Waals surface area contributed by atoms with Crippen LogP contribution in [0, 0.1) is 5.82 Å². The number of hydrogen-bond donors (Lipinski definition) is 1. The van der Waals surface area contributed by atoms with Gasteiger partial charge in [-0.2, -0.15) is 0 Å². The van der Waals surface area contributed by atoms with Gasteiger partial charge in [-0.3, -0.25) is 9.20 Å². The van der Waals surface area contributed by atoms with E-state index in [1.54, 1.807) is 35.8 Å². The molecule has 2 aromatic carbocycles. The van der Waals surface area contributed by atoms with Crippen LogP contribution in [0.2, 0.25) is 0 Å². The van der Waals surface area contributed by atoms with E-state index in [9.17, 15) is 9.18 Å². The molecule has 0 aliphatic carbocycles. The van der Waals surface area contributed by atoms with E-state index in [4.69, 9.17) is 10.7 Å². The molecule has 0 bridgehead atoms. The second-order valence-electron chi connectivity index (χ2n) is 7.21. The number of halogens is 1. The molecule has 0 amide bonds. The van der Waals surface area contributed by atoms with Gasteiger partial charge in [-0.1, -0.05) is 36.4 Å². The largest absolute Gasteiger partial charge is 0.369 e. The molecule has 0 fully saturated rings. The van der Waals surface area contributed by atoms with Crippen molar-refractivity contribution in [2.45, 2.75) is 6.42 Å². The van der Waals surface area contributed by atoms with Crippen LogP contribution in [0.15, 0.2) is 71.8 Å². The number of hydrogen-bond acceptors (Lipinski definition) is 4. The molecule has 0 aliphatic heterocycles. The van der Waals surface area contributed by atoms with Crippen molar-refractivity contribution in [1.29, 1.82) is 0 Å². The molecule has 0 saturated heterocycles. The Morgan fingerprint density at radius 2 is 1.80 bits per heavy atom. The van der Waals surface area contributed by atoms with Crippen molar-refractivity contribution in [3.8, 4) is 11.1 Å². The summed E-state index contributed by atoms with van der Waals surface area (Å²) in [5.41, 5.74) is 9.40. The average molecular weight is 399 g/mol. The van der Waals surface area contributed by atoms with Crippen LogP contribution >= 0.6 is 0 Å². The molecule has 0 saturated carbocycles. The highest BCUT2D eigenvalue weighted by Gasteiger charge is 2.19. The molecule has 0 unspecified atom stereocenters. The lowest BCUT2D eigenvalue weighted by Crippen LogP contribution is -2.17. The molecule has 5 rings (SSSR count). The Balaban J connectivity index is 1.82. The second kappa shape index (κ2) is 6.81. The summed E-state index contributed by atoms with van der Waals surface area (Å²) < 4.78 is 17.8. The Morgan fingerprint density at radius 3 is 2.60 bits per heavy atom. The molecule has 148 valence electrons. The van der Waals surface area contributed by atoms with Crippen LogP contribution in [-0.2, 0) is 13.5 Å². The lowest BCUT2D eigenvalue weighted by atomic mass is 10.0. The number of pyridine rings is 1. The Hall–Kier alpha value is -4.00. The summed E-state index contributed by atoms with van der Waals surface area (Å²) in [6.45, 7) is 0. The van der Waals surface area contributed by atoms with Crippen LogP contribution < -0.4 is 11.3 Å². The molecule has 7 heteroatoms. The molecule has 0 aliphatic rings. The summed E-state index contributed by atoms with van der Waals surface area (Å²) >= 11 is 0. The number of fused-ring (bicyclic) bond motifs is 3. The zero-order valence-electron chi connectivity index (χ0n) is 16.2. The summed E-state index contributed by atoms with van der Waals surface area (Å²) in [5.74, 6) is -0.371. The maximum absolute atomic E-state index is 14.7. The number of nitrogens with two attached hydrogens (primary N) is 1. The Morgan fingerprint density at radius 1 is 1.00 bits per heavy atom. The SMILES string of the molecule is Cn1cccc(-c2ccc(F)c3nc(N)n4cc(Cc5ccccc5)nc4c23)c1=O. The molecular weight excluding hydrogens is 381 g/mol. The number of imidazole rings is 1. The van der Waals surface area contributed by atoms with Crippen LogP contribution in [-0.4, -0.2) is 18.9 Å². The number of benzene rings is 2. The topological polar surface area (TPSA) is 78.2 Å². The van der Waals surface area contributed by atoms with E-state index in [0.29, 0.717) is 28.6 Å². The molecule has 5 aromatic rings. The normalized spacial score (nSPS) is 11.4. The molecule has 6 nitrogen and oxygen atoms in total. The Labute approximate surface area is 171 Å². The summed E-state index contributed by atoms with van der Waals surface area (Å²) in [6.07, 6.45) is 4.08. The van der Waals surface area contributed by atoms with Crippen molar-refractivity contribution in [3.63, 3.8) is 0 Å². The second-order valence-corrected chi connectivity index (χ2v) is 7.21. The van der Waals surface area contributed by atoms with Gasteiger partial charge in [0.2, 0.25) is 5.95 Å². The van der Waals surface area contributed by atoms with E-state index in [1.165, 1.54) is 10.6 Å². The molecule has 0 spiro atoms. The third kappa shape index (κ3) is 2.83. The number of nitrogens with zero attached hydrogens (tertiary/aromatic N) is 4. The van der Waals surface area contributed by atoms with Gasteiger partial charge < -0.3 is 10.3 Å². The van der Waals surface area contributed by atoms with Crippen LogP contribution in [0.5, 0.6) is 0 Å². The highest BCUT2D eigenvalue weighted by Crippen LogP contribution is 2.32. The van der Waals surface area contributed by atoms with E-state index < -0.39 is 5.82 Å². The molecule has 3 heterocycles. The van der Waals surface area contributed by atoms with E-state index >= 15 is 0 Å². The predicted molar refractivity (Wildman–Crippen MR) is 115 cm³/mol. The van der Waals surface area contributed by atoms with Gasteiger partial charge in [0.1, 0.15) is 17.0 Å². The first-order valence-corrected chi connectivity index (χ1v) is 9.48. The Kier molecular flexibility index (Phi) is 4.10. The van der Waals surface area contributed by atoms with Crippen LogP contribution in [0.3, 0.4) is 0 Å². The fourth-order valence-corrected chi connectivity index (χ4v) is 3.77. The van der Waals surface area contributed by atoms with Gasteiger partial charge in [0.25, 0.3) is 5.56 Å².